The summed E-state index contributed by atoms with van der Waals surface area (Å²) in [6.07, 6.45) is 3.26. The van der Waals surface area contributed by atoms with E-state index in [0.717, 1.165) is 26.1 Å². The molecule has 1 aliphatic heterocycles. The molecule has 7 heteroatoms. The highest BCUT2D eigenvalue weighted by atomic mass is 32.2. The van der Waals surface area contributed by atoms with Crippen molar-refractivity contribution in [2.75, 3.05) is 31.1 Å². The van der Waals surface area contributed by atoms with E-state index in [-0.39, 0.29) is 5.75 Å². The highest BCUT2D eigenvalue weighted by Gasteiger charge is 2.21. The summed E-state index contributed by atoms with van der Waals surface area (Å²) in [5.41, 5.74) is 0. The van der Waals surface area contributed by atoms with Gasteiger partial charge in [-0.2, -0.15) is 0 Å². The molecule has 0 aromatic rings. The highest BCUT2D eigenvalue weighted by Crippen LogP contribution is 2.07. The molecule has 1 fully saturated rings. The van der Waals surface area contributed by atoms with Crippen LogP contribution in [0.3, 0.4) is 0 Å². The summed E-state index contributed by atoms with van der Waals surface area (Å²) in [5, 5.41) is 11.2. The predicted octanol–water partition coefficient (Wildman–Crippen LogP) is -0.190. The topological polar surface area (TPSA) is 86.7 Å². The van der Waals surface area contributed by atoms with Crippen LogP contribution in [0.5, 0.6) is 0 Å². The van der Waals surface area contributed by atoms with Gasteiger partial charge in [0.2, 0.25) is 5.91 Å². The summed E-state index contributed by atoms with van der Waals surface area (Å²) in [5.74, 6) is -1.08. The molecule has 6 nitrogen and oxygen atoms in total. The summed E-state index contributed by atoms with van der Waals surface area (Å²) in [6.45, 7) is 4.39. The maximum atomic E-state index is 11.8. The maximum absolute atomic E-state index is 11.8. The molecule has 0 radical (unpaired) electrons. The van der Waals surface area contributed by atoms with Gasteiger partial charge in [-0.1, -0.05) is 0 Å². The molecule has 0 aromatic carbocycles. The van der Waals surface area contributed by atoms with Gasteiger partial charge >= 0.3 is 5.97 Å². The summed E-state index contributed by atoms with van der Waals surface area (Å²) in [4.78, 5) is 24.1. The quantitative estimate of drug-likeness (QED) is 0.647. The number of carboxylic acid groups (broad SMARTS) is 1. The molecule has 0 saturated carbocycles. The van der Waals surface area contributed by atoms with Crippen molar-refractivity contribution in [1.82, 2.24) is 10.2 Å². The first-order valence-electron chi connectivity index (χ1n) is 6.56. The minimum atomic E-state index is -1.21. The smallest absolute Gasteiger partial charge is 0.327 e. The molecular formula is C12H22N2O4S. The number of aliphatic carboxylic acids is 1. The SMILES string of the molecule is CC(=O)N[C@@H](CS(=O)CCCN1CCCC1)C(=O)O. The van der Waals surface area contributed by atoms with Crippen molar-refractivity contribution in [3.63, 3.8) is 0 Å². The molecule has 0 bridgehead atoms. The van der Waals surface area contributed by atoms with Crippen molar-refractivity contribution in [3.8, 4) is 0 Å². The standard InChI is InChI=1S/C12H22N2O4S/c1-10(15)13-11(12(16)17)9-19(18)8-4-7-14-5-2-3-6-14/h11H,2-9H2,1H3,(H,13,15)(H,16,17)/t11-,19?/m0/s1. The third kappa shape index (κ3) is 6.68. The van der Waals surface area contributed by atoms with Gasteiger partial charge in [-0.3, -0.25) is 9.00 Å². The van der Waals surface area contributed by atoms with E-state index in [1.54, 1.807) is 0 Å². The van der Waals surface area contributed by atoms with Gasteiger partial charge in [0, 0.05) is 23.5 Å². The van der Waals surface area contributed by atoms with E-state index in [9.17, 15) is 13.8 Å². The molecule has 0 spiro atoms. The third-order valence-corrected chi connectivity index (χ3v) is 4.52. The Morgan fingerprint density at radius 1 is 1.37 bits per heavy atom. The van der Waals surface area contributed by atoms with Gasteiger partial charge in [-0.25, -0.2) is 4.79 Å². The Bertz CT molecular complexity index is 343. The maximum Gasteiger partial charge on any atom is 0.327 e. The molecule has 19 heavy (non-hydrogen) atoms. The number of carboxylic acids is 1. The Hall–Kier alpha value is -0.950. The van der Waals surface area contributed by atoms with Gasteiger partial charge < -0.3 is 15.3 Å². The Morgan fingerprint density at radius 2 is 2.00 bits per heavy atom. The second kappa shape index (κ2) is 8.27. The van der Waals surface area contributed by atoms with E-state index in [1.807, 2.05) is 0 Å². The third-order valence-electron chi connectivity index (χ3n) is 3.07. The molecule has 1 heterocycles. The number of nitrogens with one attached hydrogen (secondary N) is 1. The zero-order valence-corrected chi connectivity index (χ0v) is 12.1. The molecule has 1 amide bonds. The van der Waals surface area contributed by atoms with Gasteiger partial charge in [0.25, 0.3) is 0 Å². The molecule has 1 saturated heterocycles. The lowest BCUT2D eigenvalue weighted by molar-refractivity contribution is -0.140. The molecule has 1 rings (SSSR count). The monoisotopic (exact) mass is 290 g/mol. The Kier molecular flexibility index (Phi) is 7.01. The average Bonchev–Trinajstić information content (AvgIpc) is 2.80. The number of carbonyl (C=O) groups is 2. The lowest BCUT2D eigenvalue weighted by atomic mass is 10.3. The summed E-state index contributed by atoms with van der Waals surface area (Å²) >= 11 is 0. The van der Waals surface area contributed by atoms with Crippen LogP contribution in [0.1, 0.15) is 26.2 Å². The van der Waals surface area contributed by atoms with Crippen molar-refractivity contribution < 1.29 is 18.9 Å². The number of carbonyl (C=O) groups excluding carboxylic acids is 1. The number of rotatable bonds is 8. The van der Waals surface area contributed by atoms with Crippen molar-refractivity contribution in [1.29, 1.82) is 0 Å². The van der Waals surface area contributed by atoms with E-state index >= 15 is 0 Å². The van der Waals surface area contributed by atoms with E-state index in [0.29, 0.717) is 5.75 Å². The van der Waals surface area contributed by atoms with Crippen molar-refractivity contribution >= 4 is 22.7 Å². The molecule has 2 atom stereocenters. The first-order valence-corrected chi connectivity index (χ1v) is 8.05. The summed E-state index contributed by atoms with van der Waals surface area (Å²) < 4.78 is 11.8. The zero-order valence-electron chi connectivity index (χ0n) is 11.3. The molecule has 0 aromatic heterocycles. The van der Waals surface area contributed by atoms with Crippen molar-refractivity contribution in [2.45, 2.75) is 32.2 Å². The molecule has 2 N–H and O–H groups in total. The lowest BCUT2D eigenvalue weighted by Crippen LogP contribution is -2.43. The number of amides is 1. The second-order valence-electron chi connectivity index (χ2n) is 4.80. The molecule has 1 unspecified atom stereocenters. The number of likely N-dealkylation sites (tertiary alicyclic amines) is 1. The second-order valence-corrected chi connectivity index (χ2v) is 6.43. The van der Waals surface area contributed by atoms with Gasteiger partial charge in [-0.15, -0.1) is 0 Å². The Morgan fingerprint density at radius 3 is 2.53 bits per heavy atom. The largest absolute Gasteiger partial charge is 0.480 e. The van der Waals surface area contributed by atoms with Crippen LogP contribution in [-0.2, 0) is 20.4 Å². The molecule has 1 aliphatic rings. The lowest BCUT2D eigenvalue weighted by Gasteiger charge is -2.15. The van der Waals surface area contributed by atoms with Crippen LogP contribution in [0.25, 0.3) is 0 Å². The minimum Gasteiger partial charge on any atom is -0.480 e. The van der Waals surface area contributed by atoms with Gasteiger partial charge in [0.15, 0.2) is 0 Å². The first-order chi connectivity index (χ1) is 8.99. The van der Waals surface area contributed by atoms with Gasteiger partial charge in [0.1, 0.15) is 6.04 Å². The fourth-order valence-electron chi connectivity index (χ4n) is 2.14. The summed E-state index contributed by atoms with van der Waals surface area (Å²) in [7, 11) is -1.21. The minimum absolute atomic E-state index is 0.0189. The fourth-order valence-corrected chi connectivity index (χ4v) is 3.36. The van der Waals surface area contributed by atoms with E-state index < -0.39 is 28.7 Å². The van der Waals surface area contributed by atoms with E-state index in [1.165, 1.54) is 19.8 Å². The van der Waals surface area contributed by atoms with E-state index in [2.05, 4.69) is 10.2 Å². The van der Waals surface area contributed by atoms with Crippen LogP contribution < -0.4 is 5.32 Å². The Labute approximate surface area is 116 Å². The van der Waals surface area contributed by atoms with Crippen molar-refractivity contribution in [2.24, 2.45) is 0 Å². The van der Waals surface area contributed by atoms with Gasteiger partial charge in [-0.05, 0) is 38.9 Å². The predicted molar refractivity (Wildman–Crippen MR) is 73.4 cm³/mol. The number of hydrogen-bond acceptors (Lipinski definition) is 4. The number of nitrogens with zero attached hydrogens (tertiary/aromatic N) is 1. The first kappa shape index (κ1) is 16.1. The van der Waals surface area contributed by atoms with Crippen LogP contribution in [-0.4, -0.2) is 63.3 Å². The zero-order chi connectivity index (χ0) is 14.3. The summed E-state index contributed by atoms with van der Waals surface area (Å²) in [6, 6.07) is -1.05. The van der Waals surface area contributed by atoms with Crippen LogP contribution >= 0.6 is 0 Å². The van der Waals surface area contributed by atoms with Crippen molar-refractivity contribution in [3.05, 3.63) is 0 Å². The molecule has 0 aliphatic carbocycles. The number of hydrogen-bond donors (Lipinski definition) is 2. The van der Waals surface area contributed by atoms with E-state index in [4.69, 9.17) is 5.11 Å². The van der Waals surface area contributed by atoms with Crippen LogP contribution in [0, 0.1) is 0 Å². The molecule has 110 valence electrons. The normalized spacial score (nSPS) is 19.0. The van der Waals surface area contributed by atoms with Crippen LogP contribution in [0.2, 0.25) is 0 Å². The highest BCUT2D eigenvalue weighted by molar-refractivity contribution is 7.85. The Balaban J connectivity index is 2.23. The van der Waals surface area contributed by atoms with Crippen LogP contribution in [0.15, 0.2) is 0 Å². The fraction of sp³-hybridized carbons (Fsp3) is 0.833. The van der Waals surface area contributed by atoms with Crippen LogP contribution in [0.4, 0.5) is 0 Å². The molecular weight excluding hydrogens is 268 g/mol. The van der Waals surface area contributed by atoms with Gasteiger partial charge in [0.05, 0.1) is 5.75 Å². The average molecular weight is 290 g/mol.